The van der Waals surface area contributed by atoms with Crippen LogP contribution >= 0.6 is 15.9 Å². The molecule has 3 heterocycles. The van der Waals surface area contributed by atoms with Gasteiger partial charge in [-0.05, 0) is 59.0 Å². The van der Waals surface area contributed by atoms with Gasteiger partial charge in [0.1, 0.15) is 11.3 Å². The molecule has 0 N–H and O–H groups in total. The van der Waals surface area contributed by atoms with Crippen LogP contribution in [0.15, 0.2) is 28.7 Å². The molecule has 12 heteroatoms. The van der Waals surface area contributed by atoms with Gasteiger partial charge in [0.15, 0.2) is 0 Å². The number of halogens is 2. The zero-order valence-electron chi connectivity index (χ0n) is 18.1. The van der Waals surface area contributed by atoms with E-state index in [9.17, 15) is 12.8 Å². The lowest BCUT2D eigenvalue weighted by atomic mass is 10.2. The van der Waals surface area contributed by atoms with Crippen molar-refractivity contribution in [2.45, 2.75) is 25.9 Å². The summed E-state index contributed by atoms with van der Waals surface area (Å²) in [4.78, 5) is 6.08. The summed E-state index contributed by atoms with van der Waals surface area (Å²) < 4.78 is 47.5. The Morgan fingerprint density at radius 3 is 2.61 bits per heavy atom. The van der Waals surface area contributed by atoms with Gasteiger partial charge < -0.3 is 4.74 Å². The Bertz CT molecular complexity index is 1290. The predicted octanol–water partition coefficient (Wildman–Crippen LogP) is 3.01. The average molecular weight is 539 g/mol. The first-order valence-corrected chi connectivity index (χ1v) is 13.4. The van der Waals surface area contributed by atoms with Crippen molar-refractivity contribution < 1.29 is 17.5 Å². The molecule has 0 amide bonds. The Kier molecular flexibility index (Phi) is 6.10. The number of ether oxygens (including phenoxy) is 1. The third-order valence-electron chi connectivity index (χ3n) is 6.02. The Hall–Kier alpha value is -2.15. The van der Waals surface area contributed by atoms with Gasteiger partial charge in [-0.3, -0.25) is 4.90 Å². The quantitative estimate of drug-likeness (QED) is 0.427. The number of fused-ring (bicyclic) bond motifs is 1. The maximum Gasteiger partial charge on any atom is 0.226 e. The third kappa shape index (κ3) is 5.03. The van der Waals surface area contributed by atoms with Gasteiger partial charge >= 0.3 is 0 Å². The van der Waals surface area contributed by atoms with E-state index in [0.29, 0.717) is 59.9 Å². The molecule has 2 aromatic heterocycles. The number of hydrogen-bond acceptors (Lipinski definition) is 7. The number of hydrogen-bond donors (Lipinski definition) is 0. The fourth-order valence-corrected chi connectivity index (χ4v) is 5.29. The minimum Gasteiger partial charge on any atom is -0.437 e. The first-order valence-electron chi connectivity index (χ1n) is 10.8. The topological polar surface area (TPSA) is 93.5 Å². The van der Waals surface area contributed by atoms with E-state index >= 15 is 0 Å². The molecule has 33 heavy (non-hydrogen) atoms. The summed E-state index contributed by atoms with van der Waals surface area (Å²) in [6, 6.07) is 6.66. The smallest absolute Gasteiger partial charge is 0.226 e. The first kappa shape index (κ1) is 22.6. The van der Waals surface area contributed by atoms with Crippen LogP contribution in [0.5, 0.6) is 11.6 Å². The molecular formula is C21H24BrFN6O3S. The van der Waals surface area contributed by atoms with E-state index in [1.54, 1.807) is 12.1 Å². The molecule has 0 bridgehead atoms. The van der Waals surface area contributed by atoms with Crippen molar-refractivity contribution in [3.63, 3.8) is 0 Å². The predicted molar refractivity (Wildman–Crippen MR) is 124 cm³/mol. The molecule has 2 aliphatic rings. The Morgan fingerprint density at radius 2 is 1.91 bits per heavy atom. The molecule has 1 saturated heterocycles. The van der Waals surface area contributed by atoms with Crippen LogP contribution in [0.1, 0.15) is 18.4 Å². The molecule has 1 aromatic carbocycles. The van der Waals surface area contributed by atoms with Crippen molar-refractivity contribution in [2.75, 3.05) is 32.4 Å². The van der Waals surface area contributed by atoms with Gasteiger partial charge in [-0.2, -0.15) is 13.7 Å². The normalized spacial score (nSPS) is 18.2. The SMILES string of the molecule is CS(=O)(=O)N1CCN(Cc2ccc(F)nc2Oc2ccc3c(nnn3CC3CC3)c2Br)CC1. The Balaban J connectivity index is 1.35. The highest BCUT2D eigenvalue weighted by Crippen LogP contribution is 2.37. The summed E-state index contributed by atoms with van der Waals surface area (Å²) in [6.07, 6.45) is 3.67. The molecule has 1 aliphatic carbocycles. The van der Waals surface area contributed by atoms with Crippen molar-refractivity contribution in [2.24, 2.45) is 5.92 Å². The van der Waals surface area contributed by atoms with Crippen LogP contribution in [0.25, 0.3) is 11.0 Å². The highest BCUT2D eigenvalue weighted by Gasteiger charge is 2.26. The standard InChI is InChI=1S/C21H24BrFN6O3S/c1-33(30,31)28-10-8-27(9-11-28)13-15-4-7-18(23)24-21(15)32-17-6-5-16-20(19(17)22)25-26-29(16)12-14-2-3-14/h4-7,14H,2-3,8-13H2,1H3. The summed E-state index contributed by atoms with van der Waals surface area (Å²) in [5.74, 6) is 0.680. The second-order valence-corrected chi connectivity index (χ2v) is 11.4. The summed E-state index contributed by atoms with van der Waals surface area (Å²) in [6.45, 7) is 3.31. The lowest BCUT2D eigenvalue weighted by molar-refractivity contribution is 0.180. The fourth-order valence-electron chi connectivity index (χ4n) is 3.96. The van der Waals surface area contributed by atoms with E-state index in [1.165, 1.54) is 29.5 Å². The van der Waals surface area contributed by atoms with E-state index in [1.807, 2.05) is 10.7 Å². The lowest BCUT2D eigenvalue weighted by Gasteiger charge is -2.33. The summed E-state index contributed by atoms with van der Waals surface area (Å²) in [5, 5.41) is 8.56. The van der Waals surface area contributed by atoms with Crippen LogP contribution in [0.4, 0.5) is 4.39 Å². The van der Waals surface area contributed by atoms with Crippen LogP contribution in [-0.4, -0.2) is 70.0 Å². The van der Waals surface area contributed by atoms with Crippen LogP contribution in [-0.2, 0) is 23.1 Å². The van der Waals surface area contributed by atoms with E-state index in [2.05, 4.69) is 36.1 Å². The molecule has 3 aromatic rings. The zero-order valence-corrected chi connectivity index (χ0v) is 20.5. The minimum absolute atomic E-state index is 0.172. The average Bonchev–Trinajstić information content (AvgIpc) is 3.50. The summed E-state index contributed by atoms with van der Waals surface area (Å²) >= 11 is 3.57. The molecule has 2 fully saturated rings. The number of benzene rings is 1. The highest BCUT2D eigenvalue weighted by atomic mass is 79.9. The van der Waals surface area contributed by atoms with E-state index in [0.717, 1.165) is 12.1 Å². The van der Waals surface area contributed by atoms with E-state index in [4.69, 9.17) is 4.74 Å². The van der Waals surface area contributed by atoms with Gasteiger partial charge in [0.25, 0.3) is 0 Å². The van der Waals surface area contributed by atoms with Crippen molar-refractivity contribution in [3.8, 4) is 11.6 Å². The number of aromatic nitrogens is 4. The van der Waals surface area contributed by atoms with Crippen LogP contribution in [0, 0.1) is 11.9 Å². The van der Waals surface area contributed by atoms with Gasteiger partial charge in [-0.1, -0.05) is 5.21 Å². The van der Waals surface area contributed by atoms with Crippen molar-refractivity contribution in [1.82, 2.24) is 29.2 Å². The van der Waals surface area contributed by atoms with E-state index in [-0.39, 0.29) is 5.88 Å². The molecule has 5 rings (SSSR count). The minimum atomic E-state index is -3.20. The monoisotopic (exact) mass is 538 g/mol. The van der Waals surface area contributed by atoms with Gasteiger partial charge in [-0.15, -0.1) is 5.10 Å². The molecule has 0 unspecified atom stereocenters. The van der Waals surface area contributed by atoms with E-state index < -0.39 is 16.0 Å². The Morgan fingerprint density at radius 1 is 1.15 bits per heavy atom. The molecule has 0 spiro atoms. The van der Waals surface area contributed by atoms with Crippen LogP contribution in [0.2, 0.25) is 0 Å². The second-order valence-electron chi connectivity index (χ2n) is 8.60. The molecule has 176 valence electrons. The number of nitrogens with zero attached hydrogens (tertiary/aromatic N) is 6. The molecule has 0 radical (unpaired) electrons. The maximum atomic E-state index is 14.0. The summed E-state index contributed by atoms with van der Waals surface area (Å²) in [5.41, 5.74) is 2.31. The summed E-state index contributed by atoms with van der Waals surface area (Å²) in [7, 11) is -3.20. The Labute approximate surface area is 199 Å². The molecule has 1 aliphatic heterocycles. The largest absolute Gasteiger partial charge is 0.437 e. The number of pyridine rings is 1. The number of sulfonamides is 1. The number of rotatable bonds is 7. The second kappa shape index (κ2) is 8.90. The highest BCUT2D eigenvalue weighted by molar-refractivity contribution is 9.10. The van der Waals surface area contributed by atoms with Crippen LogP contribution < -0.4 is 4.74 Å². The first-order chi connectivity index (χ1) is 15.8. The van der Waals surface area contributed by atoms with Gasteiger partial charge in [0.05, 0.1) is 16.2 Å². The van der Waals surface area contributed by atoms with Gasteiger partial charge in [0.2, 0.25) is 21.9 Å². The van der Waals surface area contributed by atoms with Crippen molar-refractivity contribution >= 4 is 37.0 Å². The molecular weight excluding hydrogens is 515 g/mol. The van der Waals surface area contributed by atoms with Gasteiger partial charge in [0, 0.05) is 44.8 Å². The number of piperazine rings is 1. The molecule has 0 atom stereocenters. The maximum absolute atomic E-state index is 14.0. The third-order valence-corrected chi connectivity index (χ3v) is 8.09. The molecule has 1 saturated carbocycles. The fraction of sp³-hybridized carbons (Fsp3) is 0.476. The van der Waals surface area contributed by atoms with Crippen molar-refractivity contribution in [3.05, 3.63) is 40.2 Å². The lowest BCUT2D eigenvalue weighted by Crippen LogP contribution is -2.47. The van der Waals surface area contributed by atoms with Crippen molar-refractivity contribution in [1.29, 1.82) is 0 Å². The zero-order chi connectivity index (χ0) is 23.2. The van der Waals surface area contributed by atoms with Gasteiger partial charge in [-0.25, -0.2) is 13.1 Å². The molecule has 9 nitrogen and oxygen atoms in total. The van der Waals surface area contributed by atoms with Crippen LogP contribution in [0.3, 0.4) is 0 Å².